The van der Waals surface area contributed by atoms with Crippen LogP contribution in [0.1, 0.15) is 55.3 Å². The first-order valence-corrected chi connectivity index (χ1v) is 14.4. The first-order valence-electron chi connectivity index (χ1n) is 14.4. The second-order valence-electron chi connectivity index (χ2n) is 12.3. The Morgan fingerprint density at radius 1 is 0.921 bits per heavy atom. The number of anilines is 1. The number of aliphatic hydroxyl groups excluding tert-OH is 1. The number of fused-ring (bicyclic) bond motifs is 1. The molecule has 8 rings (SSSR count). The minimum absolute atomic E-state index is 0.132. The molecule has 1 aromatic heterocycles. The summed E-state index contributed by atoms with van der Waals surface area (Å²) in [6, 6.07) is 18.3. The van der Waals surface area contributed by atoms with Gasteiger partial charge in [0.25, 0.3) is 0 Å². The Morgan fingerprint density at radius 2 is 1.61 bits per heavy atom. The fourth-order valence-corrected chi connectivity index (χ4v) is 8.24. The van der Waals surface area contributed by atoms with Gasteiger partial charge in [-0.3, -0.25) is 4.90 Å². The molecule has 1 aliphatic heterocycles. The lowest BCUT2D eigenvalue weighted by atomic mass is 9.48. The number of hydrogen-bond acceptors (Lipinski definition) is 6. The van der Waals surface area contributed by atoms with Crippen molar-refractivity contribution in [3.63, 3.8) is 0 Å². The van der Waals surface area contributed by atoms with Crippen molar-refractivity contribution in [2.45, 2.75) is 64.1 Å². The number of nitrogens with zero attached hydrogens (tertiary/aromatic N) is 3. The minimum atomic E-state index is -0.296. The number of ether oxygens (including phenoxy) is 1. The Morgan fingerprint density at radius 3 is 2.32 bits per heavy atom. The van der Waals surface area contributed by atoms with Gasteiger partial charge in [0.05, 0.1) is 11.8 Å². The summed E-state index contributed by atoms with van der Waals surface area (Å²) in [4.78, 5) is 11.7. The van der Waals surface area contributed by atoms with Crippen molar-refractivity contribution in [2.24, 2.45) is 23.2 Å². The standard InChI is InChI=1S/C32H38N4O2/c37-30(32-15-23-12-24(16-32)14-25(13-23)17-32)18-33-31-28-10-11-36(20-29(28)34-21-35-31)19-22-6-8-27(9-7-22)38-26-4-2-1-3-5-26/h1-9,21,23-25,30,37H,10-20H2,(H,33,34,35). The van der Waals surface area contributed by atoms with Crippen molar-refractivity contribution in [3.05, 3.63) is 77.7 Å². The van der Waals surface area contributed by atoms with E-state index in [0.717, 1.165) is 66.8 Å². The molecule has 4 saturated carbocycles. The predicted octanol–water partition coefficient (Wildman–Crippen LogP) is 5.82. The number of benzene rings is 2. The van der Waals surface area contributed by atoms with Gasteiger partial charge in [-0.1, -0.05) is 30.3 Å². The Labute approximate surface area is 225 Å². The molecular weight excluding hydrogens is 472 g/mol. The summed E-state index contributed by atoms with van der Waals surface area (Å²) in [5.74, 6) is 5.16. The molecule has 4 aliphatic carbocycles. The van der Waals surface area contributed by atoms with E-state index in [0.29, 0.717) is 6.54 Å². The van der Waals surface area contributed by atoms with Crippen molar-refractivity contribution in [3.8, 4) is 11.5 Å². The highest BCUT2D eigenvalue weighted by atomic mass is 16.5. The maximum Gasteiger partial charge on any atom is 0.133 e. The third-order valence-corrected chi connectivity index (χ3v) is 9.65. The molecule has 0 saturated heterocycles. The fourth-order valence-electron chi connectivity index (χ4n) is 8.24. The van der Waals surface area contributed by atoms with Crippen molar-refractivity contribution in [1.82, 2.24) is 14.9 Å². The summed E-state index contributed by atoms with van der Waals surface area (Å²) < 4.78 is 5.94. The number of aliphatic hydroxyl groups is 1. The van der Waals surface area contributed by atoms with Crippen molar-refractivity contribution < 1.29 is 9.84 Å². The highest BCUT2D eigenvalue weighted by molar-refractivity contribution is 5.47. The third kappa shape index (κ3) is 4.80. The number of hydrogen-bond donors (Lipinski definition) is 2. The maximum atomic E-state index is 11.4. The lowest BCUT2D eigenvalue weighted by Crippen LogP contribution is -2.53. The summed E-state index contributed by atoms with van der Waals surface area (Å²) in [5.41, 5.74) is 3.71. The number of para-hydroxylation sites is 1. The number of nitrogens with one attached hydrogen (secondary N) is 1. The molecule has 4 fully saturated rings. The number of aromatic nitrogens is 2. The van der Waals surface area contributed by atoms with Crippen LogP contribution in [0.25, 0.3) is 0 Å². The summed E-state index contributed by atoms with van der Waals surface area (Å²) in [7, 11) is 0. The molecule has 6 nitrogen and oxygen atoms in total. The SMILES string of the molecule is OC(CNc1ncnc2c1CCN(Cc1ccc(Oc3ccccc3)cc1)C2)C12CC3CC(CC(C3)C1)C2. The molecule has 4 bridgehead atoms. The second-order valence-corrected chi connectivity index (χ2v) is 12.3. The third-order valence-electron chi connectivity index (χ3n) is 9.65. The van der Waals surface area contributed by atoms with Crippen LogP contribution in [-0.2, 0) is 19.5 Å². The van der Waals surface area contributed by atoms with E-state index in [9.17, 15) is 5.11 Å². The molecule has 0 spiro atoms. The Hall–Kier alpha value is -2.96. The molecule has 1 unspecified atom stereocenters. The van der Waals surface area contributed by atoms with Crippen LogP contribution in [0, 0.1) is 23.2 Å². The summed E-state index contributed by atoms with van der Waals surface area (Å²) >= 11 is 0. The van der Waals surface area contributed by atoms with Crippen LogP contribution in [0.15, 0.2) is 60.9 Å². The van der Waals surface area contributed by atoms with Gasteiger partial charge in [-0.05, 0) is 97.9 Å². The van der Waals surface area contributed by atoms with E-state index in [1.54, 1.807) is 6.33 Å². The van der Waals surface area contributed by atoms with Crippen LogP contribution < -0.4 is 10.1 Å². The van der Waals surface area contributed by atoms with Gasteiger partial charge in [0, 0.05) is 31.7 Å². The lowest BCUT2D eigenvalue weighted by Gasteiger charge is -2.58. The van der Waals surface area contributed by atoms with Crippen molar-refractivity contribution in [1.29, 1.82) is 0 Å². The van der Waals surface area contributed by atoms with Crippen LogP contribution in [-0.4, -0.2) is 39.2 Å². The summed E-state index contributed by atoms with van der Waals surface area (Å²) in [6.07, 6.45) is 10.2. The molecule has 3 aromatic rings. The molecule has 5 aliphatic rings. The van der Waals surface area contributed by atoms with Gasteiger partial charge in [0.1, 0.15) is 23.6 Å². The quantitative estimate of drug-likeness (QED) is 0.398. The highest BCUT2D eigenvalue weighted by Crippen LogP contribution is 2.61. The van der Waals surface area contributed by atoms with Gasteiger partial charge in [-0.2, -0.15) is 0 Å². The van der Waals surface area contributed by atoms with Gasteiger partial charge in [0.2, 0.25) is 0 Å². The maximum absolute atomic E-state index is 11.4. The zero-order valence-electron chi connectivity index (χ0n) is 22.1. The Bertz CT molecular complexity index is 1230. The lowest BCUT2D eigenvalue weighted by molar-refractivity contribution is -0.115. The molecule has 198 valence electrons. The van der Waals surface area contributed by atoms with E-state index in [-0.39, 0.29) is 11.5 Å². The van der Waals surface area contributed by atoms with Crippen LogP contribution in [0.3, 0.4) is 0 Å². The average molecular weight is 511 g/mol. The van der Waals surface area contributed by atoms with E-state index in [1.165, 1.54) is 49.7 Å². The van der Waals surface area contributed by atoms with E-state index in [4.69, 9.17) is 4.74 Å². The molecule has 2 N–H and O–H groups in total. The zero-order chi connectivity index (χ0) is 25.5. The van der Waals surface area contributed by atoms with Crippen molar-refractivity contribution in [2.75, 3.05) is 18.4 Å². The molecule has 38 heavy (non-hydrogen) atoms. The van der Waals surface area contributed by atoms with Crippen LogP contribution >= 0.6 is 0 Å². The summed E-state index contributed by atoms with van der Waals surface area (Å²) in [5, 5.41) is 14.9. The van der Waals surface area contributed by atoms with E-state index in [2.05, 4.69) is 32.3 Å². The van der Waals surface area contributed by atoms with Crippen LogP contribution in [0.2, 0.25) is 0 Å². The fraction of sp³-hybridized carbons (Fsp3) is 0.500. The van der Waals surface area contributed by atoms with Gasteiger partial charge >= 0.3 is 0 Å². The largest absolute Gasteiger partial charge is 0.457 e. The van der Waals surface area contributed by atoms with Gasteiger partial charge in [0.15, 0.2) is 0 Å². The molecule has 1 atom stereocenters. The Kier molecular flexibility index (Phi) is 6.33. The van der Waals surface area contributed by atoms with Crippen molar-refractivity contribution >= 4 is 5.82 Å². The molecular formula is C32H38N4O2. The topological polar surface area (TPSA) is 70.5 Å². The van der Waals surface area contributed by atoms with Gasteiger partial charge in [-0.15, -0.1) is 0 Å². The molecule has 0 radical (unpaired) electrons. The molecule has 2 heterocycles. The highest BCUT2D eigenvalue weighted by Gasteiger charge is 2.53. The monoisotopic (exact) mass is 510 g/mol. The van der Waals surface area contributed by atoms with E-state index >= 15 is 0 Å². The van der Waals surface area contributed by atoms with E-state index < -0.39 is 0 Å². The zero-order valence-corrected chi connectivity index (χ0v) is 22.1. The van der Waals surface area contributed by atoms with Gasteiger partial charge in [-0.25, -0.2) is 9.97 Å². The Balaban J connectivity index is 0.964. The van der Waals surface area contributed by atoms with E-state index in [1.807, 2.05) is 42.5 Å². The number of rotatable bonds is 8. The van der Waals surface area contributed by atoms with Crippen LogP contribution in [0.4, 0.5) is 5.82 Å². The average Bonchev–Trinajstić information content (AvgIpc) is 2.92. The first kappa shape index (κ1) is 24.1. The first-order chi connectivity index (χ1) is 18.6. The minimum Gasteiger partial charge on any atom is -0.457 e. The van der Waals surface area contributed by atoms with Gasteiger partial charge < -0.3 is 15.2 Å². The molecule has 6 heteroatoms. The smallest absolute Gasteiger partial charge is 0.133 e. The summed E-state index contributed by atoms with van der Waals surface area (Å²) in [6.45, 7) is 3.25. The van der Waals surface area contributed by atoms with Crippen LogP contribution in [0.5, 0.6) is 11.5 Å². The molecule has 2 aromatic carbocycles. The second kappa shape index (κ2) is 9.97. The normalized spacial score (nSPS) is 28.6. The predicted molar refractivity (Wildman–Crippen MR) is 148 cm³/mol. The molecule has 0 amide bonds.